The van der Waals surface area contributed by atoms with E-state index in [1.807, 2.05) is 0 Å². The first-order valence-electron chi connectivity index (χ1n) is 6.60. The van der Waals surface area contributed by atoms with Gasteiger partial charge in [-0.05, 0) is 30.0 Å². The summed E-state index contributed by atoms with van der Waals surface area (Å²) in [6, 6.07) is 7.34. The van der Waals surface area contributed by atoms with Crippen LogP contribution in [0.1, 0.15) is 24.0 Å². The maximum atomic E-state index is 5.50. The minimum atomic E-state index is 0.814. The lowest BCUT2D eigenvalue weighted by Gasteiger charge is -2.07. The van der Waals surface area contributed by atoms with Gasteiger partial charge in [0.1, 0.15) is 5.75 Å². The number of hydrogen-bond donors (Lipinski definition) is 2. The van der Waals surface area contributed by atoms with E-state index in [2.05, 4.69) is 28.8 Å². The van der Waals surface area contributed by atoms with Crippen LogP contribution in [-0.4, -0.2) is 25.7 Å². The van der Waals surface area contributed by atoms with Gasteiger partial charge in [-0.1, -0.05) is 12.1 Å². The highest BCUT2D eigenvalue weighted by Gasteiger charge is 2.19. The lowest BCUT2D eigenvalue weighted by atomic mass is 10.1. The van der Waals surface area contributed by atoms with E-state index in [9.17, 15) is 0 Å². The molecule has 1 aromatic rings. The van der Waals surface area contributed by atoms with E-state index < -0.39 is 0 Å². The van der Waals surface area contributed by atoms with Crippen molar-refractivity contribution in [3.8, 4) is 5.75 Å². The van der Waals surface area contributed by atoms with Gasteiger partial charge in [-0.2, -0.15) is 0 Å². The third kappa shape index (κ3) is 2.99. The Hall–Kier alpha value is -1.06. The Morgan fingerprint density at radius 3 is 3.06 bits per heavy atom. The second-order valence-electron chi connectivity index (χ2n) is 4.95. The molecule has 0 atom stereocenters. The highest BCUT2D eigenvalue weighted by Crippen LogP contribution is 2.25. The van der Waals surface area contributed by atoms with Crippen LogP contribution < -0.4 is 15.4 Å². The Bertz CT molecular complexity index is 388. The highest BCUT2D eigenvalue weighted by atomic mass is 16.5. The maximum Gasteiger partial charge on any atom is 0.122 e. The van der Waals surface area contributed by atoms with E-state index in [0.29, 0.717) is 0 Å². The number of fused-ring (bicyclic) bond motifs is 1. The minimum absolute atomic E-state index is 0.814. The van der Waals surface area contributed by atoms with Crippen molar-refractivity contribution in [3.63, 3.8) is 0 Å². The topological polar surface area (TPSA) is 33.3 Å². The maximum absolute atomic E-state index is 5.50. The Morgan fingerprint density at radius 1 is 1.24 bits per heavy atom. The molecule has 0 spiro atoms. The zero-order chi connectivity index (χ0) is 11.5. The van der Waals surface area contributed by atoms with Crippen molar-refractivity contribution < 1.29 is 4.74 Å². The molecule has 0 aromatic heterocycles. The Balaban J connectivity index is 1.41. The first-order chi connectivity index (χ1) is 8.42. The molecule has 92 valence electrons. The summed E-state index contributed by atoms with van der Waals surface area (Å²) in [5.41, 5.74) is 2.72. The summed E-state index contributed by atoms with van der Waals surface area (Å²) < 4.78 is 5.50. The fourth-order valence-electron chi connectivity index (χ4n) is 2.23. The van der Waals surface area contributed by atoms with Crippen molar-refractivity contribution >= 4 is 0 Å². The molecule has 1 heterocycles. The number of rotatable bonds is 6. The monoisotopic (exact) mass is 232 g/mol. The van der Waals surface area contributed by atoms with Crippen LogP contribution in [0.5, 0.6) is 5.75 Å². The van der Waals surface area contributed by atoms with Crippen LogP contribution in [-0.2, 0) is 13.0 Å². The van der Waals surface area contributed by atoms with Gasteiger partial charge in [0.25, 0.3) is 0 Å². The lowest BCUT2D eigenvalue weighted by molar-refractivity contribution is 0.357. The molecule has 2 aliphatic rings. The molecule has 17 heavy (non-hydrogen) atoms. The zero-order valence-corrected chi connectivity index (χ0v) is 10.2. The van der Waals surface area contributed by atoms with Crippen molar-refractivity contribution in [1.29, 1.82) is 0 Å². The Kier molecular flexibility index (Phi) is 3.29. The fraction of sp³-hybridized carbons (Fsp3) is 0.571. The summed E-state index contributed by atoms with van der Waals surface area (Å²) >= 11 is 0. The second kappa shape index (κ2) is 5.07. The third-order valence-corrected chi connectivity index (χ3v) is 3.40. The van der Waals surface area contributed by atoms with Crippen molar-refractivity contribution in [2.75, 3.05) is 19.7 Å². The largest absolute Gasteiger partial charge is 0.493 e. The van der Waals surface area contributed by atoms with E-state index in [1.54, 1.807) is 0 Å². The van der Waals surface area contributed by atoms with E-state index in [4.69, 9.17) is 4.74 Å². The zero-order valence-electron chi connectivity index (χ0n) is 10.2. The highest BCUT2D eigenvalue weighted by molar-refractivity contribution is 5.39. The van der Waals surface area contributed by atoms with Gasteiger partial charge in [-0.3, -0.25) is 0 Å². The molecule has 0 unspecified atom stereocenters. The molecule has 0 radical (unpaired) electrons. The van der Waals surface area contributed by atoms with E-state index in [1.165, 1.54) is 24.0 Å². The molecule has 1 aliphatic heterocycles. The van der Waals surface area contributed by atoms with Gasteiger partial charge >= 0.3 is 0 Å². The van der Waals surface area contributed by atoms with Gasteiger partial charge in [0.15, 0.2) is 0 Å². The SMILES string of the molecule is c1cc2c(cc1CNCCNC1CC1)CCO2. The van der Waals surface area contributed by atoms with Gasteiger partial charge in [0, 0.05) is 32.1 Å². The van der Waals surface area contributed by atoms with E-state index in [0.717, 1.165) is 44.5 Å². The summed E-state index contributed by atoms with van der Waals surface area (Å²) in [6.07, 6.45) is 3.79. The quantitative estimate of drug-likeness (QED) is 0.729. The van der Waals surface area contributed by atoms with Gasteiger partial charge in [-0.15, -0.1) is 0 Å². The smallest absolute Gasteiger partial charge is 0.122 e. The fourth-order valence-corrected chi connectivity index (χ4v) is 2.23. The van der Waals surface area contributed by atoms with Crippen LogP contribution in [0.2, 0.25) is 0 Å². The van der Waals surface area contributed by atoms with Gasteiger partial charge < -0.3 is 15.4 Å². The van der Waals surface area contributed by atoms with Gasteiger partial charge in [0.2, 0.25) is 0 Å². The first kappa shape index (κ1) is 11.1. The summed E-state index contributed by atoms with van der Waals surface area (Å²) in [4.78, 5) is 0. The second-order valence-corrected chi connectivity index (χ2v) is 4.95. The molecule has 0 amide bonds. The molecule has 3 heteroatoms. The predicted octanol–water partition coefficient (Wildman–Crippen LogP) is 1.46. The number of nitrogens with one attached hydrogen (secondary N) is 2. The number of benzene rings is 1. The van der Waals surface area contributed by atoms with Gasteiger partial charge in [0.05, 0.1) is 6.61 Å². The average Bonchev–Trinajstić information content (AvgIpc) is 3.05. The molecule has 2 N–H and O–H groups in total. The van der Waals surface area contributed by atoms with Crippen molar-refractivity contribution in [2.45, 2.75) is 31.8 Å². The van der Waals surface area contributed by atoms with Crippen LogP contribution in [0, 0.1) is 0 Å². The Morgan fingerprint density at radius 2 is 2.18 bits per heavy atom. The molecule has 1 saturated carbocycles. The number of hydrogen-bond acceptors (Lipinski definition) is 3. The van der Waals surface area contributed by atoms with Crippen LogP contribution in [0.4, 0.5) is 0 Å². The lowest BCUT2D eigenvalue weighted by Crippen LogP contribution is -2.28. The molecule has 1 aliphatic carbocycles. The standard InChI is InChI=1S/C14H20N2O/c1-4-14-12(5-8-17-14)9-11(1)10-15-6-7-16-13-2-3-13/h1,4,9,13,15-16H,2-3,5-8,10H2. The van der Waals surface area contributed by atoms with Crippen LogP contribution in [0.25, 0.3) is 0 Å². The van der Waals surface area contributed by atoms with Crippen LogP contribution >= 0.6 is 0 Å². The van der Waals surface area contributed by atoms with Crippen molar-refractivity contribution in [1.82, 2.24) is 10.6 Å². The summed E-state index contributed by atoms with van der Waals surface area (Å²) in [5.74, 6) is 1.07. The molecule has 3 nitrogen and oxygen atoms in total. The molecule has 0 bridgehead atoms. The Labute approximate surface area is 103 Å². The molecular weight excluding hydrogens is 212 g/mol. The molecule has 1 aromatic carbocycles. The van der Waals surface area contributed by atoms with Gasteiger partial charge in [-0.25, -0.2) is 0 Å². The molecule has 3 rings (SSSR count). The summed E-state index contributed by atoms with van der Waals surface area (Å²) in [6.45, 7) is 3.93. The van der Waals surface area contributed by atoms with Crippen LogP contribution in [0.15, 0.2) is 18.2 Å². The minimum Gasteiger partial charge on any atom is -0.493 e. The summed E-state index contributed by atoms with van der Waals surface area (Å²) in [7, 11) is 0. The van der Waals surface area contributed by atoms with E-state index in [-0.39, 0.29) is 0 Å². The van der Waals surface area contributed by atoms with Crippen molar-refractivity contribution in [3.05, 3.63) is 29.3 Å². The van der Waals surface area contributed by atoms with Crippen molar-refractivity contribution in [2.24, 2.45) is 0 Å². The first-order valence-corrected chi connectivity index (χ1v) is 6.60. The van der Waals surface area contributed by atoms with E-state index >= 15 is 0 Å². The third-order valence-electron chi connectivity index (χ3n) is 3.40. The normalized spacial score (nSPS) is 17.9. The molecule has 1 fully saturated rings. The molecule has 0 saturated heterocycles. The van der Waals surface area contributed by atoms with Crippen LogP contribution in [0.3, 0.4) is 0 Å². The average molecular weight is 232 g/mol. The number of ether oxygens (including phenoxy) is 1. The summed E-state index contributed by atoms with van der Waals surface area (Å²) in [5, 5.41) is 6.97. The molecular formula is C14H20N2O. The predicted molar refractivity (Wildman–Crippen MR) is 68.4 cm³/mol.